The summed E-state index contributed by atoms with van der Waals surface area (Å²) in [5.41, 5.74) is 1.67. The number of carbonyl (C=O) groups is 1. The van der Waals surface area contributed by atoms with Gasteiger partial charge in [0.1, 0.15) is 29.0 Å². The van der Waals surface area contributed by atoms with E-state index in [0.717, 1.165) is 5.56 Å². The first-order valence-corrected chi connectivity index (χ1v) is 8.60. The fraction of sp³-hybridized carbons (Fsp3) is 0.100. The van der Waals surface area contributed by atoms with Gasteiger partial charge in [-0.2, -0.15) is 4.98 Å². The summed E-state index contributed by atoms with van der Waals surface area (Å²) in [6, 6.07) is 11.6. The highest BCUT2D eigenvalue weighted by atomic mass is 19.1. The maximum absolute atomic E-state index is 13.6. The van der Waals surface area contributed by atoms with Gasteiger partial charge in [-0.05, 0) is 29.8 Å². The molecule has 2 heterocycles. The van der Waals surface area contributed by atoms with Crippen molar-refractivity contribution in [3.63, 3.8) is 0 Å². The van der Waals surface area contributed by atoms with Gasteiger partial charge in [0.05, 0.1) is 0 Å². The Morgan fingerprint density at radius 1 is 1.07 bits per heavy atom. The van der Waals surface area contributed by atoms with E-state index in [0.29, 0.717) is 16.6 Å². The van der Waals surface area contributed by atoms with Crippen LogP contribution in [0.4, 0.5) is 8.78 Å². The number of nitrogens with zero attached hydrogens (tertiary/aromatic N) is 3. The fourth-order valence-corrected chi connectivity index (χ4v) is 2.69. The Morgan fingerprint density at radius 3 is 2.69 bits per heavy atom. The molecule has 0 radical (unpaired) electrons. The van der Waals surface area contributed by atoms with Gasteiger partial charge in [-0.25, -0.2) is 13.8 Å². The summed E-state index contributed by atoms with van der Waals surface area (Å²) in [7, 11) is 0. The highest BCUT2D eigenvalue weighted by Gasteiger charge is 2.19. The molecule has 1 N–H and O–H groups in total. The van der Waals surface area contributed by atoms with Gasteiger partial charge >= 0.3 is 0 Å². The summed E-state index contributed by atoms with van der Waals surface area (Å²) >= 11 is 0. The minimum absolute atomic E-state index is 0.0902. The molecule has 4 aromatic rings. The standard InChI is InChI=1S/C20H14F2N4O3/c21-14-6-4-12(5-7-14)9-23-16(27)10-28-19-17-18(13-2-1-3-15(22)8-13)26-29-20(17)25-11-24-19/h1-8,11H,9-10H2,(H,23,27). The van der Waals surface area contributed by atoms with Crippen molar-refractivity contribution in [2.24, 2.45) is 0 Å². The smallest absolute Gasteiger partial charge is 0.265 e. The first-order chi connectivity index (χ1) is 14.1. The maximum atomic E-state index is 13.6. The highest BCUT2D eigenvalue weighted by Crippen LogP contribution is 2.32. The zero-order chi connectivity index (χ0) is 20.2. The molecule has 0 saturated heterocycles. The van der Waals surface area contributed by atoms with Crippen molar-refractivity contribution >= 4 is 17.0 Å². The quantitative estimate of drug-likeness (QED) is 0.538. The molecule has 0 atom stereocenters. The van der Waals surface area contributed by atoms with E-state index in [2.05, 4.69) is 20.4 Å². The van der Waals surface area contributed by atoms with Gasteiger partial charge in [-0.1, -0.05) is 29.4 Å². The van der Waals surface area contributed by atoms with Gasteiger partial charge in [-0.15, -0.1) is 0 Å². The highest BCUT2D eigenvalue weighted by molar-refractivity contribution is 5.93. The van der Waals surface area contributed by atoms with Crippen LogP contribution < -0.4 is 10.1 Å². The third-order valence-corrected chi connectivity index (χ3v) is 4.08. The number of rotatable bonds is 6. The number of amides is 1. The van der Waals surface area contributed by atoms with E-state index in [-0.39, 0.29) is 30.6 Å². The molecule has 29 heavy (non-hydrogen) atoms. The van der Waals surface area contributed by atoms with Crippen molar-refractivity contribution in [3.8, 4) is 17.1 Å². The summed E-state index contributed by atoms with van der Waals surface area (Å²) in [5.74, 6) is -1.09. The van der Waals surface area contributed by atoms with Crippen LogP contribution in [0.1, 0.15) is 5.56 Å². The third-order valence-electron chi connectivity index (χ3n) is 4.08. The Hall–Kier alpha value is -3.88. The van der Waals surface area contributed by atoms with Gasteiger partial charge in [-0.3, -0.25) is 4.79 Å². The third kappa shape index (κ3) is 4.18. The molecule has 0 bridgehead atoms. The van der Waals surface area contributed by atoms with E-state index < -0.39 is 11.7 Å². The molecule has 146 valence electrons. The summed E-state index contributed by atoms with van der Waals surface area (Å²) in [5, 5.41) is 6.93. The van der Waals surface area contributed by atoms with Crippen LogP contribution in [-0.4, -0.2) is 27.6 Å². The topological polar surface area (TPSA) is 90.1 Å². The molecule has 2 aromatic carbocycles. The summed E-state index contributed by atoms with van der Waals surface area (Å²) in [6.45, 7) is -0.0927. The van der Waals surface area contributed by atoms with Gasteiger partial charge in [0.15, 0.2) is 6.61 Å². The van der Waals surface area contributed by atoms with Crippen LogP contribution in [0.15, 0.2) is 59.4 Å². The first-order valence-electron chi connectivity index (χ1n) is 8.60. The van der Waals surface area contributed by atoms with Crippen molar-refractivity contribution in [1.29, 1.82) is 0 Å². The molecule has 9 heteroatoms. The predicted molar refractivity (Wildman–Crippen MR) is 98.7 cm³/mol. The lowest BCUT2D eigenvalue weighted by molar-refractivity contribution is -0.123. The average Bonchev–Trinajstić information content (AvgIpc) is 3.17. The van der Waals surface area contributed by atoms with Gasteiger partial charge in [0.25, 0.3) is 11.6 Å². The van der Waals surface area contributed by atoms with E-state index >= 15 is 0 Å². The van der Waals surface area contributed by atoms with E-state index in [1.54, 1.807) is 24.3 Å². The molecule has 0 aliphatic rings. The van der Waals surface area contributed by atoms with Crippen molar-refractivity contribution in [3.05, 3.63) is 72.1 Å². The number of nitrogens with one attached hydrogen (secondary N) is 1. The Kier molecular flexibility index (Phi) is 5.10. The van der Waals surface area contributed by atoms with Crippen LogP contribution in [0.3, 0.4) is 0 Å². The number of halogens is 2. The van der Waals surface area contributed by atoms with E-state index in [1.807, 2.05) is 0 Å². The number of aromatic nitrogens is 3. The lowest BCUT2D eigenvalue weighted by Gasteiger charge is -2.08. The summed E-state index contributed by atoms with van der Waals surface area (Å²) in [6.07, 6.45) is 1.22. The Labute approximate surface area is 163 Å². The van der Waals surface area contributed by atoms with Gasteiger partial charge in [0, 0.05) is 12.1 Å². The molecular weight excluding hydrogens is 382 g/mol. The predicted octanol–water partition coefficient (Wildman–Crippen LogP) is 3.26. The minimum Gasteiger partial charge on any atom is -0.467 e. The first kappa shape index (κ1) is 18.5. The summed E-state index contributed by atoms with van der Waals surface area (Å²) < 4.78 is 37.2. The van der Waals surface area contributed by atoms with Gasteiger partial charge in [0.2, 0.25) is 5.88 Å². The molecule has 1 amide bonds. The van der Waals surface area contributed by atoms with Crippen LogP contribution in [0.2, 0.25) is 0 Å². The number of hydrogen-bond donors (Lipinski definition) is 1. The van der Waals surface area contributed by atoms with E-state index in [9.17, 15) is 13.6 Å². The number of hydrogen-bond acceptors (Lipinski definition) is 6. The molecule has 4 rings (SSSR count). The lowest BCUT2D eigenvalue weighted by atomic mass is 10.1. The maximum Gasteiger partial charge on any atom is 0.265 e. The second-order valence-corrected chi connectivity index (χ2v) is 6.09. The molecular formula is C20H14F2N4O3. The van der Waals surface area contributed by atoms with Crippen molar-refractivity contribution in [2.45, 2.75) is 6.54 Å². The monoisotopic (exact) mass is 396 g/mol. The molecule has 7 nitrogen and oxygen atoms in total. The number of carbonyl (C=O) groups excluding carboxylic acids is 1. The number of ether oxygens (including phenoxy) is 1. The molecule has 0 unspecified atom stereocenters. The number of benzene rings is 2. The number of fused-ring (bicyclic) bond motifs is 1. The zero-order valence-corrected chi connectivity index (χ0v) is 14.9. The SMILES string of the molecule is O=C(COc1ncnc2onc(-c3cccc(F)c3)c12)NCc1ccc(F)cc1. The van der Waals surface area contributed by atoms with Crippen LogP contribution in [0.25, 0.3) is 22.4 Å². The molecule has 2 aromatic heterocycles. The lowest BCUT2D eigenvalue weighted by Crippen LogP contribution is -2.28. The largest absolute Gasteiger partial charge is 0.467 e. The normalized spacial score (nSPS) is 10.8. The van der Waals surface area contributed by atoms with Gasteiger partial charge < -0.3 is 14.6 Å². The Morgan fingerprint density at radius 2 is 1.90 bits per heavy atom. The summed E-state index contributed by atoms with van der Waals surface area (Å²) in [4.78, 5) is 20.1. The zero-order valence-electron chi connectivity index (χ0n) is 14.9. The minimum atomic E-state index is -0.432. The van der Waals surface area contributed by atoms with Crippen LogP contribution in [-0.2, 0) is 11.3 Å². The average molecular weight is 396 g/mol. The molecule has 0 spiro atoms. The van der Waals surface area contributed by atoms with E-state index in [1.165, 1.54) is 30.6 Å². The van der Waals surface area contributed by atoms with Crippen LogP contribution >= 0.6 is 0 Å². The molecule has 0 saturated carbocycles. The second kappa shape index (κ2) is 8.01. The second-order valence-electron chi connectivity index (χ2n) is 6.09. The van der Waals surface area contributed by atoms with Crippen molar-refractivity contribution in [2.75, 3.05) is 6.61 Å². The Balaban J connectivity index is 1.48. The molecule has 0 fully saturated rings. The van der Waals surface area contributed by atoms with Crippen LogP contribution in [0.5, 0.6) is 5.88 Å². The van der Waals surface area contributed by atoms with Crippen LogP contribution in [0, 0.1) is 11.6 Å². The fourth-order valence-electron chi connectivity index (χ4n) is 2.69. The Bertz CT molecular complexity index is 1160. The molecule has 0 aliphatic heterocycles. The molecule has 0 aliphatic carbocycles. The van der Waals surface area contributed by atoms with Crippen molar-refractivity contribution in [1.82, 2.24) is 20.4 Å². The van der Waals surface area contributed by atoms with Crippen molar-refractivity contribution < 1.29 is 22.8 Å². The van der Waals surface area contributed by atoms with E-state index in [4.69, 9.17) is 9.26 Å².